The molecule has 1 aromatic rings. The van der Waals surface area contributed by atoms with E-state index in [4.69, 9.17) is 0 Å². The number of carboxylic acid groups (broad SMARTS) is 1. The molecule has 7 nitrogen and oxygen atoms in total. The minimum atomic E-state index is -1.63. The number of carbonyl (C=O) groups excluding carboxylic acids is 2. The van der Waals surface area contributed by atoms with Gasteiger partial charge >= 0.3 is 5.97 Å². The maximum absolute atomic E-state index is 13.0. The van der Waals surface area contributed by atoms with Crippen molar-refractivity contribution in [1.29, 1.82) is 0 Å². The number of aliphatic hydroxyl groups excluding tert-OH is 1. The standard InChI is InChI=1S/C18H21BrN2O5S/c1-17(2)12(14(24)25)21-15(26)18(19,16(21)27-17)13(23)11(22)9-5-7-10(8-6-9)20(3)4/h5-8,11-12,16,22H,1-4H3,(H,24,25)/t11?,12-,16+,18?/m0/s1. The van der Waals surface area contributed by atoms with Crippen LogP contribution in [0.5, 0.6) is 0 Å². The molecule has 1 aromatic carbocycles. The molecule has 2 N–H and O–H groups in total. The van der Waals surface area contributed by atoms with Crippen LogP contribution in [0.2, 0.25) is 0 Å². The zero-order valence-corrected chi connectivity index (χ0v) is 17.7. The molecule has 0 spiro atoms. The first-order valence-corrected chi connectivity index (χ1v) is 10.0. The molecule has 0 aromatic heterocycles. The van der Waals surface area contributed by atoms with Crippen molar-refractivity contribution in [3.05, 3.63) is 29.8 Å². The number of hydrogen-bond donors (Lipinski definition) is 2. The lowest BCUT2D eigenvalue weighted by Gasteiger charge is -2.49. The van der Waals surface area contributed by atoms with Gasteiger partial charge in [0.05, 0.1) is 0 Å². The van der Waals surface area contributed by atoms with Crippen molar-refractivity contribution in [2.45, 2.75) is 40.4 Å². The first-order valence-electron chi connectivity index (χ1n) is 8.35. The maximum atomic E-state index is 13.0. The number of alkyl halides is 1. The van der Waals surface area contributed by atoms with E-state index in [9.17, 15) is 24.6 Å². The number of amides is 1. The SMILES string of the molecule is CN(C)c1ccc(C(O)C(=O)C2(Br)C(=O)N3[C@@H](C(=O)O)C(C)(C)S[C@@H]32)cc1. The molecule has 9 heteroatoms. The summed E-state index contributed by atoms with van der Waals surface area (Å²) in [7, 11) is 3.76. The highest BCUT2D eigenvalue weighted by Gasteiger charge is 2.74. The molecule has 2 heterocycles. The summed E-state index contributed by atoms with van der Waals surface area (Å²) in [5.41, 5.74) is 1.29. The van der Waals surface area contributed by atoms with Crippen molar-refractivity contribution in [2.75, 3.05) is 19.0 Å². The highest BCUT2D eigenvalue weighted by Crippen LogP contribution is 2.59. The third-order valence-corrected chi connectivity index (χ3v) is 8.16. The summed E-state index contributed by atoms with van der Waals surface area (Å²) in [6, 6.07) is 5.81. The average Bonchev–Trinajstić information content (AvgIpc) is 2.89. The van der Waals surface area contributed by atoms with E-state index in [1.807, 2.05) is 19.0 Å². The quantitative estimate of drug-likeness (QED) is 0.394. The first-order chi connectivity index (χ1) is 12.4. The molecule has 2 saturated heterocycles. The van der Waals surface area contributed by atoms with Crippen molar-refractivity contribution in [3.63, 3.8) is 0 Å². The van der Waals surface area contributed by atoms with Crippen LogP contribution in [0.3, 0.4) is 0 Å². The van der Waals surface area contributed by atoms with E-state index in [0.717, 1.165) is 5.69 Å². The normalized spacial score (nSPS) is 29.7. The summed E-state index contributed by atoms with van der Waals surface area (Å²) in [4.78, 5) is 40.5. The van der Waals surface area contributed by atoms with Gasteiger partial charge in [0, 0.05) is 24.5 Å². The van der Waals surface area contributed by atoms with Crippen molar-refractivity contribution >= 4 is 51.0 Å². The lowest BCUT2D eigenvalue weighted by Crippen LogP contribution is -2.74. The molecule has 27 heavy (non-hydrogen) atoms. The van der Waals surface area contributed by atoms with Gasteiger partial charge in [-0.2, -0.15) is 0 Å². The number of thioether (sulfide) groups is 1. The van der Waals surface area contributed by atoms with Crippen molar-refractivity contribution in [2.24, 2.45) is 0 Å². The zero-order chi connectivity index (χ0) is 20.3. The number of rotatable bonds is 5. The second kappa shape index (κ2) is 6.49. The van der Waals surface area contributed by atoms with Gasteiger partial charge < -0.3 is 20.0 Å². The van der Waals surface area contributed by atoms with Gasteiger partial charge in [-0.05, 0) is 31.5 Å². The molecule has 146 valence electrons. The lowest BCUT2D eigenvalue weighted by atomic mass is 9.85. The van der Waals surface area contributed by atoms with Crippen molar-refractivity contribution in [1.82, 2.24) is 4.90 Å². The molecular formula is C18H21BrN2O5S. The minimum absolute atomic E-state index is 0.382. The van der Waals surface area contributed by atoms with E-state index in [2.05, 4.69) is 15.9 Å². The number of ketones is 1. The molecule has 0 aliphatic carbocycles. The molecule has 0 radical (unpaired) electrons. The second-order valence-corrected chi connectivity index (χ2v) is 10.5. The number of carbonyl (C=O) groups is 3. The molecule has 0 bridgehead atoms. The van der Waals surface area contributed by atoms with Gasteiger partial charge in [0.1, 0.15) is 17.5 Å². The number of β-lactam (4-membered cyclic amide) rings is 1. The summed E-state index contributed by atoms with van der Waals surface area (Å²) in [5.74, 6) is -2.40. The fourth-order valence-corrected chi connectivity index (χ4v) is 6.10. The van der Waals surface area contributed by atoms with E-state index >= 15 is 0 Å². The largest absolute Gasteiger partial charge is 0.480 e. The summed E-state index contributed by atoms with van der Waals surface area (Å²) in [6.45, 7) is 3.46. The molecule has 1 amide bonds. The third kappa shape index (κ3) is 2.87. The Morgan fingerprint density at radius 3 is 2.30 bits per heavy atom. The predicted octanol–water partition coefficient (Wildman–Crippen LogP) is 1.64. The van der Waals surface area contributed by atoms with Crippen LogP contribution in [0.25, 0.3) is 0 Å². The first kappa shape index (κ1) is 20.2. The number of carboxylic acids is 1. The van der Waals surface area contributed by atoms with Crippen LogP contribution in [-0.4, -0.2) is 67.4 Å². The number of nitrogens with zero attached hydrogens (tertiary/aromatic N) is 2. The van der Waals surface area contributed by atoms with E-state index in [1.165, 1.54) is 16.7 Å². The summed E-state index contributed by atoms with van der Waals surface area (Å²) < 4.78 is -2.38. The molecule has 2 aliphatic heterocycles. The Kier molecular flexibility index (Phi) is 4.85. The monoisotopic (exact) mass is 456 g/mol. The Labute approximate surface area is 169 Å². The van der Waals surface area contributed by atoms with Crippen LogP contribution >= 0.6 is 27.7 Å². The molecule has 2 fully saturated rings. The van der Waals surface area contributed by atoms with Gasteiger partial charge in [-0.3, -0.25) is 9.59 Å². The highest BCUT2D eigenvalue weighted by molar-refractivity contribution is 9.10. The Hall–Kier alpha value is -1.58. The number of halogens is 1. The van der Waals surface area contributed by atoms with Gasteiger partial charge in [-0.25, -0.2) is 4.79 Å². The fraction of sp³-hybridized carbons (Fsp3) is 0.500. The third-order valence-electron chi connectivity index (χ3n) is 5.06. The molecular weight excluding hydrogens is 436 g/mol. The van der Waals surface area contributed by atoms with E-state index in [0.29, 0.717) is 5.56 Å². The van der Waals surface area contributed by atoms with Crippen molar-refractivity contribution < 1.29 is 24.6 Å². The summed E-state index contributed by atoms with van der Waals surface area (Å²) >= 11 is 4.50. The molecule has 2 unspecified atom stereocenters. The number of hydrogen-bond acceptors (Lipinski definition) is 6. The Morgan fingerprint density at radius 2 is 1.81 bits per heavy atom. The topological polar surface area (TPSA) is 98.2 Å². The number of anilines is 1. The predicted molar refractivity (Wildman–Crippen MR) is 106 cm³/mol. The van der Waals surface area contributed by atoms with Crippen LogP contribution in [0.4, 0.5) is 5.69 Å². The Balaban J connectivity index is 1.87. The Bertz CT molecular complexity index is 812. The molecule has 3 rings (SSSR count). The van der Waals surface area contributed by atoms with Gasteiger partial charge in [0.15, 0.2) is 10.1 Å². The van der Waals surface area contributed by atoms with Gasteiger partial charge in [0.25, 0.3) is 5.91 Å². The van der Waals surface area contributed by atoms with Crippen LogP contribution in [0.1, 0.15) is 25.5 Å². The molecule has 0 saturated carbocycles. The number of Topliss-reactive ketones (excluding diaryl/α,β-unsaturated/α-hetero) is 1. The van der Waals surface area contributed by atoms with E-state index in [1.54, 1.807) is 38.1 Å². The number of benzene rings is 1. The number of aliphatic carboxylic acids is 1. The van der Waals surface area contributed by atoms with Crippen LogP contribution in [0.15, 0.2) is 24.3 Å². The van der Waals surface area contributed by atoms with Crippen LogP contribution in [-0.2, 0) is 14.4 Å². The minimum Gasteiger partial charge on any atom is -0.480 e. The molecule has 4 atom stereocenters. The van der Waals surface area contributed by atoms with Crippen LogP contribution < -0.4 is 4.90 Å². The van der Waals surface area contributed by atoms with E-state index in [-0.39, 0.29) is 0 Å². The molecule has 2 aliphatic rings. The smallest absolute Gasteiger partial charge is 0.327 e. The van der Waals surface area contributed by atoms with Gasteiger partial charge in [-0.15, -0.1) is 11.8 Å². The van der Waals surface area contributed by atoms with Gasteiger partial charge in [-0.1, -0.05) is 28.1 Å². The Morgan fingerprint density at radius 1 is 1.26 bits per heavy atom. The number of aliphatic hydroxyl groups is 1. The lowest BCUT2D eigenvalue weighted by molar-refractivity contribution is -0.164. The average molecular weight is 457 g/mol. The maximum Gasteiger partial charge on any atom is 0.327 e. The van der Waals surface area contributed by atoms with E-state index < -0.39 is 44.3 Å². The van der Waals surface area contributed by atoms with Gasteiger partial charge in [0.2, 0.25) is 0 Å². The fourth-order valence-electron chi connectivity index (χ4n) is 3.55. The highest BCUT2D eigenvalue weighted by atomic mass is 79.9. The zero-order valence-electron chi connectivity index (χ0n) is 15.3. The second-order valence-electron chi connectivity index (χ2n) is 7.49. The van der Waals surface area contributed by atoms with Crippen molar-refractivity contribution in [3.8, 4) is 0 Å². The summed E-state index contributed by atoms with van der Waals surface area (Å²) in [5, 5.41) is 19.4. The number of fused-ring (bicyclic) bond motifs is 1. The summed E-state index contributed by atoms with van der Waals surface area (Å²) in [6.07, 6.45) is -1.49. The van der Waals surface area contributed by atoms with Crippen LogP contribution in [0, 0.1) is 0 Å².